The van der Waals surface area contributed by atoms with Crippen molar-refractivity contribution < 1.29 is 27.5 Å². The van der Waals surface area contributed by atoms with Crippen LogP contribution in [0.5, 0.6) is 0 Å². The molecule has 38 heavy (non-hydrogen) atoms. The van der Waals surface area contributed by atoms with E-state index >= 15 is 0 Å². The molecule has 0 bridgehead atoms. The molecule has 1 aromatic heterocycles. The molecule has 2 atom stereocenters. The van der Waals surface area contributed by atoms with Gasteiger partial charge in [-0.15, -0.1) is 0 Å². The van der Waals surface area contributed by atoms with Crippen molar-refractivity contribution in [2.24, 2.45) is 0 Å². The number of benzene rings is 2. The topological polar surface area (TPSA) is 94.9 Å². The van der Waals surface area contributed by atoms with Crippen LogP contribution in [0, 0.1) is 6.92 Å². The van der Waals surface area contributed by atoms with Crippen LogP contribution in [0.4, 0.5) is 4.79 Å². The molecule has 0 unspecified atom stereocenters. The van der Waals surface area contributed by atoms with Gasteiger partial charge in [0.05, 0.1) is 23.6 Å². The smallest absolute Gasteiger partial charge is 0.411 e. The van der Waals surface area contributed by atoms with Crippen LogP contribution in [0.25, 0.3) is 10.9 Å². The summed E-state index contributed by atoms with van der Waals surface area (Å²) in [5.74, 6) is -0.613. The van der Waals surface area contributed by atoms with E-state index in [-0.39, 0.29) is 11.3 Å². The Kier molecular flexibility index (Phi) is 7.18. The number of carbonyl (C=O) groups excluding carboxylic acids is 2. The van der Waals surface area contributed by atoms with Crippen molar-refractivity contribution in [3.05, 3.63) is 77.0 Å². The average molecular weight is 539 g/mol. The first kappa shape index (κ1) is 27.4. The highest BCUT2D eigenvalue weighted by Gasteiger charge is 2.42. The van der Waals surface area contributed by atoms with Crippen LogP contribution in [0.15, 0.2) is 65.2 Å². The molecule has 0 aliphatic carbocycles. The quantitative estimate of drug-likeness (QED) is 0.320. The van der Waals surface area contributed by atoms with E-state index in [1.165, 1.54) is 16.0 Å². The zero-order chi connectivity index (χ0) is 28.0. The number of ether oxygens (including phenoxy) is 2. The van der Waals surface area contributed by atoms with Crippen LogP contribution in [0.1, 0.15) is 57.4 Å². The summed E-state index contributed by atoms with van der Waals surface area (Å²) in [4.78, 5) is 28.3. The normalized spacial score (nSPS) is 17.6. The molecule has 0 saturated carbocycles. The summed E-state index contributed by atoms with van der Waals surface area (Å²) in [5, 5.41) is 0.686. The van der Waals surface area contributed by atoms with Gasteiger partial charge in [0.2, 0.25) is 0 Å². The van der Waals surface area contributed by atoms with E-state index < -0.39 is 39.8 Å². The molecule has 9 heteroatoms. The Balaban J connectivity index is 2.00. The fourth-order valence-corrected chi connectivity index (χ4v) is 6.20. The van der Waals surface area contributed by atoms with E-state index in [9.17, 15) is 18.0 Å². The van der Waals surface area contributed by atoms with Crippen molar-refractivity contribution in [2.45, 2.75) is 70.5 Å². The van der Waals surface area contributed by atoms with Crippen LogP contribution in [-0.4, -0.2) is 48.1 Å². The van der Waals surface area contributed by atoms with Gasteiger partial charge >= 0.3 is 12.1 Å². The highest BCUT2D eigenvalue weighted by atomic mass is 32.2. The van der Waals surface area contributed by atoms with Crippen molar-refractivity contribution in [1.82, 2.24) is 8.87 Å². The van der Waals surface area contributed by atoms with Gasteiger partial charge in [-0.3, -0.25) is 4.90 Å². The number of aromatic nitrogens is 1. The van der Waals surface area contributed by atoms with E-state index in [1.807, 2.05) is 32.9 Å². The summed E-state index contributed by atoms with van der Waals surface area (Å²) in [7, 11) is -2.66. The molecule has 0 saturated heterocycles. The second kappa shape index (κ2) is 9.94. The Morgan fingerprint density at radius 1 is 1.05 bits per heavy atom. The molecular formula is C29H34N2O6S. The molecule has 0 radical (unpaired) electrons. The predicted molar refractivity (Wildman–Crippen MR) is 145 cm³/mol. The first-order valence-corrected chi connectivity index (χ1v) is 13.9. The summed E-state index contributed by atoms with van der Waals surface area (Å²) in [6, 6.07) is 10.3. The van der Waals surface area contributed by atoms with Gasteiger partial charge in [-0.1, -0.05) is 41.5 Å². The molecule has 2 heterocycles. The average Bonchev–Trinajstić information content (AvgIpc) is 3.14. The third-order valence-electron chi connectivity index (χ3n) is 6.42. The van der Waals surface area contributed by atoms with Crippen LogP contribution < -0.4 is 0 Å². The van der Waals surface area contributed by atoms with Crippen molar-refractivity contribution in [1.29, 1.82) is 0 Å². The minimum atomic E-state index is -3.93. The molecule has 2 aromatic carbocycles. The lowest BCUT2D eigenvalue weighted by molar-refractivity contribution is -0.147. The summed E-state index contributed by atoms with van der Waals surface area (Å²) in [6.45, 7) is 11.0. The molecule has 202 valence electrons. The second-order valence-electron chi connectivity index (χ2n) is 10.8. The summed E-state index contributed by atoms with van der Waals surface area (Å²) < 4.78 is 39.6. The second-order valence-corrected chi connectivity index (χ2v) is 12.6. The molecule has 0 N–H and O–H groups in total. The maximum atomic E-state index is 13.7. The van der Waals surface area contributed by atoms with Gasteiger partial charge in [-0.05, 0) is 70.9 Å². The third-order valence-corrected chi connectivity index (χ3v) is 8.11. The van der Waals surface area contributed by atoms with Crippen molar-refractivity contribution in [3.8, 4) is 0 Å². The fraction of sp³-hybridized carbons (Fsp3) is 0.379. The molecule has 0 spiro atoms. The Morgan fingerprint density at radius 2 is 1.71 bits per heavy atom. The molecule has 1 amide bonds. The largest absolute Gasteiger partial charge is 0.467 e. The SMILES string of the molecule is COC(=O)[C@@H]1Cc2cn(S(=O)(=O)c3ccc(C)cc3)c3cccc(c23)[C@H](C=C(C)C)N1C(=O)OC(C)(C)C. The predicted octanol–water partition coefficient (Wildman–Crippen LogP) is 5.53. The maximum Gasteiger partial charge on any atom is 0.411 e. The molecule has 1 aliphatic heterocycles. The Labute approximate surface area is 223 Å². The van der Waals surface area contributed by atoms with Crippen molar-refractivity contribution in [3.63, 3.8) is 0 Å². The van der Waals surface area contributed by atoms with Gasteiger partial charge < -0.3 is 9.47 Å². The number of nitrogens with zero attached hydrogens (tertiary/aromatic N) is 2. The van der Waals surface area contributed by atoms with Crippen LogP contribution in [0.3, 0.4) is 0 Å². The summed E-state index contributed by atoms with van der Waals surface area (Å²) >= 11 is 0. The van der Waals surface area contributed by atoms with E-state index in [1.54, 1.807) is 63.4 Å². The molecule has 8 nitrogen and oxygen atoms in total. The zero-order valence-electron chi connectivity index (χ0n) is 22.8. The van der Waals surface area contributed by atoms with E-state index in [2.05, 4.69) is 0 Å². The number of carbonyl (C=O) groups is 2. The number of hydrogen-bond acceptors (Lipinski definition) is 6. The van der Waals surface area contributed by atoms with Crippen LogP contribution in [-0.2, 0) is 30.7 Å². The summed E-state index contributed by atoms with van der Waals surface area (Å²) in [6.07, 6.45) is 2.84. The summed E-state index contributed by atoms with van der Waals surface area (Å²) in [5.41, 5.74) is 2.87. The van der Waals surface area contributed by atoms with Crippen LogP contribution in [0.2, 0.25) is 0 Å². The van der Waals surface area contributed by atoms with Crippen LogP contribution >= 0.6 is 0 Å². The standard InChI is InChI=1S/C29H34N2O6S/c1-18(2)15-24-22-9-8-10-23-26(22)20(17-30(23)38(34,35)21-13-11-19(3)12-14-21)16-25(27(32)36-7)31(24)28(33)37-29(4,5)6/h8-15,17,24-25H,16H2,1-7H3/t24-,25-/m0/s1. The van der Waals surface area contributed by atoms with Crippen molar-refractivity contribution in [2.75, 3.05) is 7.11 Å². The van der Waals surface area contributed by atoms with E-state index in [4.69, 9.17) is 9.47 Å². The first-order valence-electron chi connectivity index (χ1n) is 12.4. The molecule has 1 aliphatic rings. The lowest BCUT2D eigenvalue weighted by Gasteiger charge is -2.35. The van der Waals surface area contributed by atoms with Crippen molar-refractivity contribution >= 4 is 33.0 Å². The van der Waals surface area contributed by atoms with Gasteiger partial charge in [0.1, 0.15) is 11.6 Å². The highest BCUT2D eigenvalue weighted by Crippen LogP contribution is 2.40. The van der Waals surface area contributed by atoms with E-state index in [0.29, 0.717) is 22.0 Å². The number of aryl methyl sites for hydroxylation is 1. The minimum Gasteiger partial charge on any atom is -0.467 e. The fourth-order valence-electron chi connectivity index (χ4n) is 4.82. The highest BCUT2D eigenvalue weighted by molar-refractivity contribution is 7.90. The lowest BCUT2D eigenvalue weighted by atomic mass is 9.98. The Bertz CT molecular complexity index is 1520. The lowest BCUT2D eigenvalue weighted by Crippen LogP contribution is -2.49. The number of rotatable bonds is 4. The Hall–Kier alpha value is -3.59. The number of allylic oxidation sites excluding steroid dienone is 1. The minimum absolute atomic E-state index is 0.0585. The number of methoxy groups -OCH3 is 1. The van der Waals surface area contributed by atoms with E-state index in [0.717, 1.165) is 11.1 Å². The van der Waals surface area contributed by atoms with Gasteiger partial charge in [-0.25, -0.2) is 22.0 Å². The number of hydrogen-bond donors (Lipinski definition) is 0. The number of esters is 1. The van der Waals surface area contributed by atoms with Gasteiger partial charge in [0, 0.05) is 18.0 Å². The first-order chi connectivity index (χ1) is 17.7. The third kappa shape index (κ3) is 5.07. The molecular weight excluding hydrogens is 504 g/mol. The zero-order valence-corrected chi connectivity index (χ0v) is 23.6. The maximum absolute atomic E-state index is 13.7. The monoisotopic (exact) mass is 538 g/mol. The Morgan fingerprint density at radius 3 is 2.29 bits per heavy atom. The van der Waals surface area contributed by atoms with Gasteiger partial charge in [0.15, 0.2) is 0 Å². The molecule has 0 fully saturated rings. The van der Waals surface area contributed by atoms with Gasteiger partial charge in [-0.2, -0.15) is 0 Å². The van der Waals surface area contributed by atoms with Gasteiger partial charge in [0.25, 0.3) is 10.0 Å². The molecule has 3 aromatic rings. The molecule has 4 rings (SSSR count). The number of amides is 1.